The van der Waals surface area contributed by atoms with Crippen molar-refractivity contribution >= 4 is 22.6 Å². The molecule has 200 valence electrons. The first-order chi connectivity index (χ1) is 18.5. The zero-order valence-corrected chi connectivity index (χ0v) is 22.2. The van der Waals surface area contributed by atoms with Crippen molar-refractivity contribution in [2.45, 2.75) is 39.3 Å². The van der Waals surface area contributed by atoms with Gasteiger partial charge in [0.15, 0.2) is 0 Å². The molecule has 3 aromatic carbocycles. The maximum atomic E-state index is 10.6. The molecule has 0 unspecified atom stereocenters. The van der Waals surface area contributed by atoms with Gasteiger partial charge >= 0.3 is 5.97 Å². The molecule has 0 bridgehead atoms. The molecule has 1 aromatic heterocycles. The number of carbonyl (C=O) groups is 1. The van der Waals surface area contributed by atoms with Gasteiger partial charge < -0.3 is 29.6 Å². The van der Waals surface area contributed by atoms with Gasteiger partial charge in [0.05, 0.1) is 25.1 Å². The predicted molar refractivity (Wildman–Crippen MR) is 151 cm³/mol. The Kier molecular flexibility index (Phi) is 9.27. The number of furan rings is 1. The van der Waals surface area contributed by atoms with Crippen LogP contribution >= 0.6 is 0 Å². The first-order valence-corrected chi connectivity index (χ1v) is 13.0. The van der Waals surface area contributed by atoms with Crippen LogP contribution in [0.25, 0.3) is 22.3 Å². The molecule has 7 nitrogen and oxygen atoms in total. The third-order valence-corrected chi connectivity index (χ3v) is 6.78. The second-order valence-corrected chi connectivity index (χ2v) is 9.48. The summed E-state index contributed by atoms with van der Waals surface area (Å²) in [6.45, 7) is 5.98. The molecular weight excluding hydrogens is 480 g/mol. The van der Waals surface area contributed by atoms with Crippen LogP contribution in [0.2, 0.25) is 0 Å². The van der Waals surface area contributed by atoms with Gasteiger partial charge in [-0.05, 0) is 47.9 Å². The summed E-state index contributed by atoms with van der Waals surface area (Å²) in [5.74, 6) is 1.79. The Hall–Kier alpha value is -3.97. The SMILES string of the molecule is CC[C@H](C)[C@@H](COc1ccc(-c2cc3ccccc3o2)c(OC)c1)Nc1ccc(CNCCC(=O)O)cc1. The van der Waals surface area contributed by atoms with E-state index in [1.165, 1.54) is 0 Å². The maximum Gasteiger partial charge on any atom is 0.304 e. The third-order valence-electron chi connectivity index (χ3n) is 6.78. The number of fused-ring (bicyclic) bond motifs is 1. The fourth-order valence-electron chi connectivity index (χ4n) is 4.26. The summed E-state index contributed by atoms with van der Waals surface area (Å²) in [5, 5.41) is 16.6. The van der Waals surface area contributed by atoms with Crippen molar-refractivity contribution in [3.8, 4) is 22.8 Å². The van der Waals surface area contributed by atoms with Gasteiger partial charge in [-0.2, -0.15) is 0 Å². The smallest absolute Gasteiger partial charge is 0.304 e. The zero-order chi connectivity index (χ0) is 26.9. The molecule has 7 heteroatoms. The quantitative estimate of drug-likeness (QED) is 0.163. The minimum absolute atomic E-state index is 0.112. The standard InChI is InChI=1S/C31H36N2O5/c1-4-21(2)27(33-24-11-9-22(10-12-24)19-32-16-15-31(34)35)20-37-25-13-14-26(29(18-25)36-3)30-17-23-7-5-6-8-28(23)38-30/h5-14,17-18,21,27,32-33H,4,15-16,19-20H2,1-3H3,(H,34,35)/t21-,27+/m0/s1. The second-order valence-electron chi connectivity index (χ2n) is 9.48. The van der Waals surface area contributed by atoms with Crippen LogP contribution in [0.4, 0.5) is 5.69 Å². The lowest BCUT2D eigenvalue weighted by molar-refractivity contribution is -0.136. The van der Waals surface area contributed by atoms with Crippen LogP contribution in [0.3, 0.4) is 0 Å². The van der Waals surface area contributed by atoms with Gasteiger partial charge in [0.2, 0.25) is 0 Å². The average molecular weight is 517 g/mol. The highest BCUT2D eigenvalue weighted by Crippen LogP contribution is 2.36. The molecule has 0 saturated carbocycles. The lowest BCUT2D eigenvalue weighted by Crippen LogP contribution is -2.33. The number of carboxylic acid groups (broad SMARTS) is 1. The van der Waals surface area contributed by atoms with Crippen molar-refractivity contribution in [2.24, 2.45) is 5.92 Å². The van der Waals surface area contributed by atoms with E-state index < -0.39 is 5.97 Å². The molecule has 4 rings (SSSR count). The van der Waals surface area contributed by atoms with E-state index in [4.69, 9.17) is 19.0 Å². The van der Waals surface area contributed by atoms with Crippen LogP contribution in [0, 0.1) is 5.92 Å². The van der Waals surface area contributed by atoms with Crippen molar-refractivity contribution in [3.63, 3.8) is 0 Å². The third kappa shape index (κ3) is 7.07. The van der Waals surface area contributed by atoms with Crippen molar-refractivity contribution in [1.29, 1.82) is 0 Å². The Morgan fingerprint density at radius 1 is 1.05 bits per heavy atom. The number of rotatable bonds is 14. The van der Waals surface area contributed by atoms with E-state index in [9.17, 15) is 4.79 Å². The Balaban J connectivity index is 1.39. The number of nitrogens with one attached hydrogen (secondary N) is 2. The van der Waals surface area contributed by atoms with Crippen LogP contribution in [-0.2, 0) is 11.3 Å². The van der Waals surface area contributed by atoms with Crippen molar-refractivity contribution in [2.75, 3.05) is 25.6 Å². The van der Waals surface area contributed by atoms with Crippen LogP contribution < -0.4 is 20.1 Å². The minimum Gasteiger partial charge on any atom is -0.496 e. The fraction of sp³-hybridized carbons (Fsp3) is 0.323. The molecule has 0 radical (unpaired) electrons. The summed E-state index contributed by atoms with van der Waals surface area (Å²) in [4.78, 5) is 10.6. The highest BCUT2D eigenvalue weighted by atomic mass is 16.5. The van der Waals surface area contributed by atoms with Gasteiger partial charge in [-0.3, -0.25) is 4.79 Å². The van der Waals surface area contributed by atoms with E-state index in [1.54, 1.807) is 7.11 Å². The molecular formula is C31H36N2O5. The van der Waals surface area contributed by atoms with Crippen molar-refractivity contribution in [3.05, 3.63) is 78.4 Å². The molecule has 4 aromatic rings. The van der Waals surface area contributed by atoms with E-state index in [1.807, 2.05) is 60.7 Å². The molecule has 0 saturated heterocycles. The zero-order valence-electron chi connectivity index (χ0n) is 22.2. The highest BCUT2D eigenvalue weighted by Gasteiger charge is 2.18. The summed E-state index contributed by atoms with van der Waals surface area (Å²) in [6, 6.07) is 24.1. The first-order valence-electron chi connectivity index (χ1n) is 13.0. The number of ether oxygens (including phenoxy) is 2. The van der Waals surface area contributed by atoms with E-state index in [0.29, 0.717) is 31.4 Å². The monoisotopic (exact) mass is 516 g/mol. The molecule has 3 N–H and O–H groups in total. The van der Waals surface area contributed by atoms with E-state index in [0.717, 1.165) is 45.7 Å². The van der Waals surface area contributed by atoms with Gasteiger partial charge in [0.1, 0.15) is 29.4 Å². The molecule has 2 atom stereocenters. The lowest BCUT2D eigenvalue weighted by atomic mass is 9.99. The molecule has 0 aliphatic carbocycles. The number of carboxylic acids is 1. The number of hydrogen-bond donors (Lipinski definition) is 3. The van der Waals surface area contributed by atoms with Crippen molar-refractivity contribution in [1.82, 2.24) is 5.32 Å². The second kappa shape index (κ2) is 13.0. The number of aliphatic carboxylic acids is 1. The van der Waals surface area contributed by atoms with Crippen LogP contribution in [0.1, 0.15) is 32.3 Å². The summed E-state index contributed by atoms with van der Waals surface area (Å²) >= 11 is 0. The number of anilines is 1. The van der Waals surface area contributed by atoms with E-state index in [2.05, 4.69) is 36.6 Å². The topological polar surface area (TPSA) is 93.0 Å². The molecule has 0 aliphatic rings. The summed E-state index contributed by atoms with van der Waals surface area (Å²) in [6.07, 6.45) is 1.13. The van der Waals surface area contributed by atoms with Gasteiger partial charge in [0, 0.05) is 30.2 Å². The Labute approximate surface area is 223 Å². The Morgan fingerprint density at radius 2 is 1.84 bits per heavy atom. The maximum absolute atomic E-state index is 10.6. The Morgan fingerprint density at radius 3 is 2.55 bits per heavy atom. The van der Waals surface area contributed by atoms with E-state index >= 15 is 0 Å². The highest BCUT2D eigenvalue weighted by molar-refractivity contribution is 5.84. The Bertz CT molecular complexity index is 1300. The summed E-state index contributed by atoms with van der Waals surface area (Å²) in [7, 11) is 1.65. The molecule has 38 heavy (non-hydrogen) atoms. The average Bonchev–Trinajstić information content (AvgIpc) is 3.37. The van der Waals surface area contributed by atoms with Crippen molar-refractivity contribution < 1.29 is 23.8 Å². The molecule has 0 amide bonds. The van der Waals surface area contributed by atoms with Crippen LogP contribution in [0.15, 0.2) is 77.2 Å². The fourth-order valence-corrected chi connectivity index (χ4v) is 4.26. The van der Waals surface area contributed by atoms with Gasteiger partial charge in [-0.1, -0.05) is 50.6 Å². The largest absolute Gasteiger partial charge is 0.496 e. The number of methoxy groups -OCH3 is 1. The molecule has 0 spiro atoms. The lowest BCUT2D eigenvalue weighted by Gasteiger charge is -2.26. The summed E-state index contributed by atoms with van der Waals surface area (Å²) in [5.41, 5.74) is 3.85. The first kappa shape index (κ1) is 27.1. The molecule has 0 fully saturated rings. The van der Waals surface area contributed by atoms with Crippen LogP contribution in [-0.4, -0.2) is 37.4 Å². The predicted octanol–water partition coefficient (Wildman–Crippen LogP) is 6.58. The van der Waals surface area contributed by atoms with E-state index in [-0.39, 0.29) is 12.5 Å². The summed E-state index contributed by atoms with van der Waals surface area (Å²) < 4.78 is 17.9. The number of benzene rings is 3. The molecule has 1 heterocycles. The van der Waals surface area contributed by atoms with Gasteiger partial charge in [-0.25, -0.2) is 0 Å². The van der Waals surface area contributed by atoms with Gasteiger partial charge in [0.25, 0.3) is 0 Å². The molecule has 0 aliphatic heterocycles. The normalized spacial score (nSPS) is 12.7. The number of para-hydroxylation sites is 1. The van der Waals surface area contributed by atoms with Gasteiger partial charge in [-0.15, -0.1) is 0 Å². The minimum atomic E-state index is -0.795. The number of hydrogen-bond acceptors (Lipinski definition) is 6. The van der Waals surface area contributed by atoms with Crippen LogP contribution in [0.5, 0.6) is 11.5 Å².